The Morgan fingerprint density at radius 2 is 1.61 bits per heavy atom. The molecule has 74 heavy (non-hydrogen) atoms. The van der Waals surface area contributed by atoms with Gasteiger partial charge in [-0.05, 0) is 67.6 Å². The number of benzene rings is 1. The Labute approximate surface area is 424 Å². The van der Waals surface area contributed by atoms with Crippen molar-refractivity contribution in [1.29, 1.82) is 0 Å². The van der Waals surface area contributed by atoms with E-state index in [4.69, 9.17) is 10.5 Å². The van der Waals surface area contributed by atoms with Crippen molar-refractivity contribution < 1.29 is 51.5 Å². The number of alkyl halides is 3. The molecular weight excluding hydrogens is 974 g/mol. The number of nitrogens with two attached hydrogens (primary N) is 1. The highest BCUT2D eigenvalue weighted by molar-refractivity contribution is 5.99. The van der Waals surface area contributed by atoms with Crippen LogP contribution in [0.25, 0.3) is 11.0 Å². The standard InChI is InChI=1S/C48H65F3N14O9/c1-30(2)40(59-39(68)10-5-9-38(67)53-18-7-25-66)44(70)57-34(8-6-17-54-45(52)71)43(69)56-33-14-11-31(12-15-33)29-74-47(73)61-42-41-35(26-36(58-42)48(49,50)51)65(46(72)60-41)28-32-13-16-37(55-27-32)63(4)21-24-64-22-19-62(3)20-23-64/h11-16,25-27,30,34,40H,5-10,17-24,28-29H2,1-4H3,(H,53,67)(H,56,69)(H,57,70)(H,59,68)(H,60,72)(H3,52,54,71)(H,58,61,73)/t34-,40-/m0/s1. The minimum absolute atomic E-state index is 0.0338. The van der Waals surface area contributed by atoms with Crippen molar-refractivity contribution in [3.8, 4) is 0 Å². The van der Waals surface area contributed by atoms with Gasteiger partial charge in [0.1, 0.15) is 42.0 Å². The molecule has 1 aliphatic rings. The second-order valence-electron chi connectivity index (χ2n) is 18.2. The summed E-state index contributed by atoms with van der Waals surface area (Å²) >= 11 is 0. The normalized spacial score (nSPS) is 13.9. The number of hydrogen-bond acceptors (Lipinski definition) is 14. The highest BCUT2D eigenvalue weighted by Gasteiger charge is 2.35. The van der Waals surface area contributed by atoms with E-state index in [9.17, 15) is 51.5 Å². The molecule has 2 atom stereocenters. The number of anilines is 3. The number of amides is 7. The summed E-state index contributed by atoms with van der Waals surface area (Å²) in [7, 11) is 4.01. The number of primary amides is 1. The fraction of sp³-hybridized carbons (Fsp3) is 0.500. The van der Waals surface area contributed by atoms with Gasteiger partial charge in [-0.1, -0.05) is 32.0 Å². The summed E-state index contributed by atoms with van der Waals surface area (Å²) in [6.07, 6.45) is -3.33. The zero-order valence-corrected chi connectivity index (χ0v) is 41.8. The van der Waals surface area contributed by atoms with Crippen LogP contribution >= 0.6 is 0 Å². The minimum atomic E-state index is -4.95. The molecule has 0 bridgehead atoms. The predicted molar refractivity (Wildman–Crippen MR) is 268 cm³/mol. The molecule has 9 N–H and O–H groups in total. The van der Waals surface area contributed by atoms with E-state index < -0.39 is 71.2 Å². The quantitative estimate of drug-likeness (QED) is 0.0331. The van der Waals surface area contributed by atoms with Crippen molar-refractivity contribution in [2.45, 2.75) is 83.8 Å². The van der Waals surface area contributed by atoms with Gasteiger partial charge in [0.15, 0.2) is 5.82 Å². The average molecular weight is 1040 g/mol. The Morgan fingerprint density at radius 1 is 0.905 bits per heavy atom. The Morgan fingerprint density at radius 3 is 2.26 bits per heavy atom. The number of nitrogens with zero attached hydrogens (tertiary/aromatic N) is 6. The fourth-order valence-corrected chi connectivity index (χ4v) is 7.73. The first-order chi connectivity index (χ1) is 35.2. The van der Waals surface area contributed by atoms with Crippen LogP contribution in [0, 0.1) is 5.92 Å². The lowest BCUT2D eigenvalue weighted by molar-refractivity contribution is -0.141. The van der Waals surface area contributed by atoms with E-state index in [-0.39, 0.29) is 87.4 Å². The molecule has 0 aliphatic carbocycles. The van der Waals surface area contributed by atoms with E-state index in [1.54, 1.807) is 32.2 Å². The monoisotopic (exact) mass is 1040 g/mol. The fourth-order valence-electron chi connectivity index (χ4n) is 7.73. The van der Waals surface area contributed by atoms with E-state index in [2.05, 4.69) is 63.7 Å². The molecule has 0 radical (unpaired) electrons. The van der Waals surface area contributed by atoms with Crippen LogP contribution in [0.2, 0.25) is 0 Å². The van der Waals surface area contributed by atoms with E-state index >= 15 is 0 Å². The van der Waals surface area contributed by atoms with Crippen molar-refractivity contribution in [1.82, 2.24) is 50.6 Å². The smallest absolute Gasteiger partial charge is 0.433 e. The highest BCUT2D eigenvalue weighted by atomic mass is 19.4. The average Bonchev–Trinajstić information content (AvgIpc) is 3.67. The number of ether oxygens (including phenoxy) is 1. The Balaban J connectivity index is 1.18. The number of hydrogen-bond donors (Lipinski definition) is 8. The number of fused-ring (bicyclic) bond motifs is 1. The SMILES string of the molecule is CC(C)[C@H](NC(=O)CCCC(=O)NCCC=O)C(=O)N[C@@H](CCCNC(N)=O)C(=O)Nc1ccc(COC(=O)Nc2nc(C(F)(F)F)cc3c2[nH]c(=O)n3Cc2ccc(N(C)CCN3CCN(C)CC3)nc2)cc1. The molecule has 0 unspecified atom stereocenters. The van der Waals surface area contributed by atoms with Gasteiger partial charge in [0.2, 0.25) is 23.6 Å². The lowest BCUT2D eigenvalue weighted by atomic mass is 10.0. The van der Waals surface area contributed by atoms with Crippen molar-refractivity contribution in [3.63, 3.8) is 0 Å². The maximum Gasteiger partial charge on any atom is 0.433 e. The second-order valence-corrected chi connectivity index (χ2v) is 18.2. The third-order valence-electron chi connectivity index (χ3n) is 12.0. The summed E-state index contributed by atoms with van der Waals surface area (Å²) in [5.41, 5.74) is 3.91. The first-order valence-corrected chi connectivity index (χ1v) is 24.1. The Bertz CT molecular complexity index is 2620. The van der Waals surface area contributed by atoms with Crippen molar-refractivity contribution >= 4 is 70.4 Å². The van der Waals surface area contributed by atoms with Crippen LogP contribution in [0.1, 0.15) is 69.2 Å². The molecule has 0 spiro atoms. The largest absolute Gasteiger partial charge is 0.444 e. The van der Waals surface area contributed by atoms with Gasteiger partial charge in [-0.2, -0.15) is 13.2 Å². The van der Waals surface area contributed by atoms with Crippen molar-refractivity contribution in [3.05, 3.63) is 76.0 Å². The lowest BCUT2D eigenvalue weighted by Gasteiger charge is -2.33. The molecule has 4 heterocycles. The number of carbonyl (C=O) groups excluding carboxylic acids is 7. The molecule has 7 amide bonds. The lowest BCUT2D eigenvalue weighted by Crippen LogP contribution is -2.54. The van der Waals surface area contributed by atoms with Crippen LogP contribution in [-0.2, 0) is 48.0 Å². The number of H-pyrrole nitrogens is 1. The number of carbonyl (C=O) groups is 7. The summed E-state index contributed by atoms with van der Waals surface area (Å²) in [5, 5.41) is 15.2. The number of urea groups is 1. The van der Waals surface area contributed by atoms with E-state index in [1.165, 1.54) is 24.3 Å². The van der Waals surface area contributed by atoms with Gasteiger partial charge >= 0.3 is 24.0 Å². The zero-order valence-electron chi connectivity index (χ0n) is 41.8. The van der Waals surface area contributed by atoms with Gasteiger partial charge < -0.3 is 56.6 Å². The highest BCUT2D eigenvalue weighted by Crippen LogP contribution is 2.32. The van der Waals surface area contributed by atoms with Gasteiger partial charge in [-0.15, -0.1) is 0 Å². The number of pyridine rings is 2. The molecule has 1 fully saturated rings. The van der Waals surface area contributed by atoms with E-state index in [0.717, 1.165) is 43.8 Å². The van der Waals surface area contributed by atoms with Crippen LogP contribution in [-0.4, -0.2) is 150 Å². The Kier molecular flexibility index (Phi) is 21.2. The number of piperazine rings is 1. The molecule has 1 aliphatic heterocycles. The van der Waals surface area contributed by atoms with Crippen molar-refractivity contribution in [2.75, 3.05) is 82.0 Å². The molecule has 26 heteroatoms. The second kappa shape index (κ2) is 27.4. The molecule has 4 aromatic rings. The molecule has 0 saturated carbocycles. The van der Waals surface area contributed by atoms with Gasteiger partial charge in [0, 0.05) is 90.6 Å². The number of likely N-dealkylation sites (N-methyl/N-ethyl adjacent to an activating group) is 2. The van der Waals surface area contributed by atoms with Crippen LogP contribution in [0.3, 0.4) is 0 Å². The molecule has 1 aromatic carbocycles. The summed E-state index contributed by atoms with van der Waals surface area (Å²) in [4.78, 5) is 117. The van der Waals surface area contributed by atoms with E-state index in [0.29, 0.717) is 29.3 Å². The first kappa shape index (κ1) is 57.3. The molecule has 402 valence electrons. The molecule has 23 nitrogen and oxygen atoms in total. The van der Waals surface area contributed by atoms with E-state index in [1.807, 2.05) is 11.9 Å². The van der Waals surface area contributed by atoms with Crippen LogP contribution in [0.5, 0.6) is 0 Å². The number of aromatic amines is 1. The third kappa shape index (κ3) is 17.9. The van der Waals surface area contributed by atoms with Crippen molar-refractivity contribution in [2.24, 2.45) is 11.7 Å². The summed E-state index contributed by atoms with van der Waals surface area (Å²) in [6, 6.07) is 7.18. The summed E-state index contributed by atoms with van der Waals surface area (Å²) in [5.74, 6) is -2.45. The van der Waals surface area contributed by atoms with Gasteiger partial charge in [0.25, 0.3) is 0 Å². The number of aldehydes is 1. The van der Waals surface area contributed by atoms with Crippen LogP contribution < -0.4 is 48.2 Å². The molecular formula is C48H65F3N14O9. The maximum absolute atomic E-state index is 14.2. The summed E-state index contributed by atoms with van der Waals surface area (Å²) in [6.45, 7) is 8.69. The molecule has 3 aromatic heterocycles. The van der Waals surface area contributed by atoms with Crippen LogP contribution in [0.15, 0.2) is 53.5 Å². The maximum atomic E-state index is 14.2. The molecule has 1 saturated heterocycles. The molecule has 5 rings (SSSR count). The van der Waals surface area contributed by atoms with Gasteiger partial charge in [0.05, 0.1) is 12.1 Å². The predicted octanol–water partition coefficient (Wildman–Crippen LogP) is 2.51. The number of halogens is 3. The zero-order chi connectivity index (χ0) is 54.0. The van der Waals surface area contributed by atoms with Crippen LogP contribution in [0.4, 0.5) is 40.1 Å². The third-order valence-corrected chi connectivity index (χ3v) is 12.0. The number of rotatable bonds is 26. The minimum Gasteiger partial charge on any atom is -0.444 e. The number of aromatic nitrogens is 4. The number of nitrogens with one attached hydrogen (secondary N) is 7. The first-order valence-electron chi connectivity index (χ1n) is 24.1. The summed E-state index contributed by atoms with van der Waals surface area (Å²) < 4.78 is 48.9. The topological polar surface area (TPSA) is 300 Å². The Hall–Kier alpha value is -7.61. The number of imidazole rings is 1. The van der Waals surface area contributed by atoms with Gasteiger partial charge in [-0.3, -0.25) is 34.0 Å². The van der Waals surface area contributed by atoms with Gasteiger partial charge in [-0.25, -0.2) is 24.4 Å².